The molecule has 1 fully saturated rings. The van der Waals surface area contributed by atoms with Crippen molar-refractivity contribution in [1.29, 1.82) is 0 Å². The van der Waals surface area contributed by atoms with E-state index in [1.54, 1.807) is 4.90 Å². The maximum atomic E-state index is 12.1. The van der Waals surface area contributed by atoms with E-state index in [4.69, 9.17) is 0 Å². The molecule has 1 saturated heterocycles. The summed E-state index contributed by atoms with van der Waals surface area (Å²) < 4.78 is 0. The Kier molecular flexibility index (Phi) is 4.55. The van der Waals surface area contributed by atoms with Crippen molar-refractivity contribution < 1.29 is 9.59 Å². The molecule has 1 aromatic carbocycles. The molecule has 0 radical (unpaired) electrons. The number of rotatable bonds is 5. The molecule has 1 aliphatic rings. The van der Waals surface area contributed by atoms with Crippen molar-refractivity contribution >= 4 is 17.5 Å². The van der Waals surface area contributed by atoms with Crippen LogP contribution in [0.1, 0.15) is 32.6 Å². The molecular weight excluding hydrogens is 240 g/mol. The molecule has 1 heterocycles. The first-order valence-corrected chi connectivity index (χ1v) is 6.89. The molecule has 19 heavy (non-hydrogen) atoms. The first-order valence-electron chi connectivity index (χ1n) is 6.89. The molecule has 2 amide bonds. The van der Waals surface area contributed by atoms with Crippen LogP contribution in [-0.4, -0.2) is 24.4 Å². The summed E-state index contributed by atoms with van der Waals surface area (Å²) in [6.45, 7) is 2.77. The molecule has 0 spiro atoms. The van der Waals surface area contributed by atoms with Gasteiger partial charge in [0, 0.05) is 18.7 Å². The average molecular weight is 260 g/mol. The lowest BCUT2D eigenvalue weighted by molar-refractivity contribution is -0.123. The SMILES string of the molecule is CCCCNC(=O)C1CCC(=O)N1c1ccccc1. The number of hydrogen-bond donors (Lipinski definition) is 1. The first-order chi connectivity index (χ1) is 9.24. The van der Waals surface area contributed by atoms with Crippen LogP contribution in [0.25, 0.3) is 0 Å². The molecule has 0 aromatic heterocycles. The summed E-state index contributed by atoms with van der Waals surface area (Å²) in [4.78, 5) is 25.7. The third-order valence-corrected chi connectivity index (χ3v) is 3.38. The predicted molar refractivity (Wildman–Crippen MR) is 74.9 cm³/mol. The van der Waals surface area contributed by atoms with Gasteiger partial charge in [-0.1, -0.05) is 31.5 Å². The van der Waals surface area contributed by atoms with Gasteiger partial charge in [-0.25, -0.2) is 0 Å². The minimum atomic E-state index is -0.355. The van der Waals surface area contributed by atoms with Gasteiger partial charge in [0.05, 0.1) is 0 Å². The Morgan fingerprint density at radius 3 is 2.79 bits per heavy atom. The van der Waals surface area contributed by atoms with E-state index in [-0.39, 0.29) is 17.9 Å². The van der Waals surface area contributed by atoms with Crippen molar-refractivity contribution in [2.45, 2.75) is 38.6 Å². The smallest absolute Gasteiger partial charge is 0.243 e. The summed E-state index contributed by atoms with van der Waals surface area (Å²) >= 11 is 0. The topological polar surface area (TPSA) is 49.4 Å². The first kappa shape index (κ1) is 13.6. The van der Waals surface area contributed by atoms with E-state index >= 15 is 0 Å². The molecule has 2 rings (SSSR count). The number of unbranched alkanes of at least 4 members (excludes halogenated alkanes) is 1. The van der Waals surface area contributed by atoms with Gasteiger partial charge in [-0.15, -0.1) is 0 Å². The second-order valence-electron chi connectivity index (χ2n) is 4.80. The number of nitrogens with one attached hydrogen (secondary N) is 1. The van der Waals surface area contributed by atoms with Crippen LogP contribution in [0.5, 0.6) is 0 Å². The number of hydrogen-bond acceptors (Lipinski definition) is 2. The fraction of sp³-hybridized carbons (Fsp3) is 0.467. The summed E-state index contributed by atoms with van der Waals surface area (Å²) in [5.41, 5.74) is 0.806. The zero-order valence-electron chi connectivity index (χ0n) is 11.3. The van der Waals surface area contributed by atoms with E-state index in [1.165, 1.54) is 0 Å². The highest BCUT2D eigenvalue weighted by Gasteiger charge is 2.36. The second kappa shape index (κ2) is 6.36. The molecule has 1 aromatic rings. The highest BCUT2D eigenvalue weighted by molar-refractivity contribution is 6.03. The molecule has 1 N–H and O–H groups in total. The van der Waals surface area contributed by atoms with E-state index in [1.807, 2.05) is 30.3 Å². The van der Waals surface area contributed by atoms with Gasteiger partial charge >= 0.3 is 0 Å². The van der Waals surface area contributed by atoms with E-state index in [2.05, 4.69) is 12.2 Å². The zero-order valence-corrected chi connectivity index (χ0v) is 11.3. The highest BCUT2D eigenvalue weighted by atomic mass is 16.2. The van der Waals surface area contributed by atoms with Gasteiger partial charge in [-0.3, -0.25) is 14.5 Å². The van der Waals surface area contributed by atoms with Crippen molar-refractivity contribution in [1.82, 2.24) is 5.32 Å². The fourth-order valence-corrected chi connectivity index (χ4v) is 2.35. The highest BCUT2D eigenvalue weighted by Crippen LogP contribution is 2.26. The van der Waals surface area contributed by atoms with Gasteiger partial charge in [0.25, 0.3) is 0 Å². The number of amides is 2. The lowest BCUT2D eigenvalue weighted by Crippen LogP contribution is -2.45. The molecule has 1 aliphatic heterocycles. The van der Waals surface area contributed by atoms with Crippen LogP contribution in [0.4, 0.5) is 5.69 Å². The van der Waals surface area contributed by atoms with Gasteiger partial charge in [-0.05, 0) is 25.0 Å². The summed E-state index contributed by atoms with van der Waals surface area (Å²) in [5.74, 6) is -0.00926. The van der Waals surface area contributed by atoms with Crippen LogP contribution < -0.4 is 10.2 Å². The number of nitrogens with zero attached hydrogens (tertiary/aromatic N) is 1. The number of carbonyl (C=O) groups excluding carboxylic acids is 2. The molecule has 1 unspecified atom stereocenters. The van der Waals surface area contributed by atoms with Gasteiger partial charge in [0.2, 0.25) is 11.8 Å². The van der Waals surface area contributed by atoms with Crippen LogP contribution in [0, 0.1) is 0 Å². The zero-order chi connectivity index (χ0) is 13.7. The van der Waals surface area contributed by atoms with Crippen molar-refractivity contribution in [3.63, 3.8) is 0 Å². The molecule has 4 nitrogen and oxygen atoms in total. The summed E-state index contributed by atoms with van der Waals surface area (Å²) in [5, 5.41) is 2.91. The van der Waals surface area contributed by atoms with Crippen LogP contribution >= 0.6 is 0 Å². The second-order valence-corrected chi connectivity index (χ2v) is 4.80. The third-order valence-electron chi connectivity index (χ3n) is 3.38. The predicted octanol–water partition coefficient (Wildman–Crippen LogP) is 2.10. The third kappa shape index (κ3) is 3.13. The lowest BCUT2D eigenvalue weighted by Gasteiger charge is -2.24. The van der Waals surface area contributed by atoms with Crippen LogP contribution in [0.3, 0.4) is 0 Å². The van der Waals surface area contributed by atoms with Crippen LogP contribution in [0.2, 0.25) is 0 Å². The monoisotopic (exact) mass is 260 g/mol. The maximum Gasteiger partial charge on any atom is 0.243 e. The van der Waals surface area contributed by atoms with E-state index in [0.29, 0.717) is 19.4 Å². The number of benzene rings is 1. The molecule has 0 saturated carbocycles. The molecule has 4 heteroatoms. The molecule has 0 aliphatic carbocycles. The lowest BCUT2D eigenvalue weighted by atomic mass is 10.2. The summed E-state index contributed by atoms with van der Waals surface area (Å²) in [6.07, 6.45) is 3.07. The van der Waals surface area contributed by atoms with Gasteiger partial charge in [0.15, 0.2) is 0 Å². The van der Waals surface area contributed by atoms with Crippen molar-refractivity contribution in [2.75, 3.05) is 11.4 Å². The Hall–Kier alpha value is -1.84. The minimum absolute atomic E-state index is 0.0295. The Bertz CT molecular complexity index is 445. The van der Waals surface area contributed by atoms with Crippen LogP contribution in [0.15, 0.2) is 30.3 Å². The Morgan fingerprint density at radius 2 is 2.11 bits per heavy atom. The average Bonchev–Trinajstić information content (AvgIpc) is 2.82. The minimum Gasteiger partial charge on any atom is -0.354 e. The Labute approximate surface area is 113 Å². The number of para-hydroxylation sites is 1. The maximum absolute atomic E-state index is 12.1. The summed E-state index contributed by atoms with van der Waals surface area (Å²) in [7, 11) is 0. The van der Waals surface area contributed by atoms with E-state index in [0.717, 1.165) is 18.5 Å². The molecule has 0 bridgehead atoms. The Balaban J connectivity index is 2.07. The van der Waals surface area contributed by atoms with Gasteiger partial charge in [-0.2, -0.15) is 0 Å². The number of anilines is 1. The standard InChI is InChI=1S/C15H20N2O2/c1-2-3-11-16-15(19)13-9-10-14(18)17(13)12-7-5-4-6-8-12/h4-8,13H,2-3,9-11H2,1H3,(H,16,19). The van der Waals surface area contributed by atoms with E-state index < -0.39 is 0 Å². The molecule has 1 atom stereocenters. The van der Waals surface area contributed by atoms with Crippen molar-refractivity contribution in [3.05, 3.63) is 30.3 Å². The number of carbonyl (C=O) groups is 2. The van der Waals surface area contributed by atoms with Gasteiger partial charge < -0.3 is 5.32 Å². The fourth-order valence-electron chi connectivity index (χ4n) is 2.35. The normalized spacial score (nSPS) is 18.7. The molecular formula is C15H20N2O2. The summed E-state index contributed by atoms with van der Waals surface area (Å²) in [6, 6.07) is 9.05. The molecule has 102 valence electrons. The van der Waals surface area contributed by atoms with Crippen molar-refractivity contribution in [2.24, 2.45) is 0 Å². The van der Waals surface area contributed by atoms with E-state index in [9.17, 15) is 9.59 Å². The van der Waals surface area contributed by atoms with Crippen molar-refractivity contribution in [3.8, 4) is 0 Å². The van der Waals surface area contributed by atoms with Gasteiger partial charge in [0.1, 0.15) is 6.04 Å². The largest absolute Gasteiger partial charge is 0.354 e. The quantitative estimate of drug-likeness (QED) is 0.824. The Morgan fingerprint density at radius 1 is 1.37 bits per heavy atom. The van der Waals surface area contributed by atoms with Crippen LogP contribution in [-0.2, 0) is 9.59 Å².